The average molecular weight is 345 g/mol. The van der Waals surface area contributed by atoms with Gasteiger partial charge in [-0.3, -0.25) is 0 Å². The van der Waals surface area contributed by atoms with Crippen LogP contribution in [0.1, 0.15) is 30.0 Å². The molecule has 1 aliphatic heterocycles. The summed E-state index contributed by atoms with van der Waals surface area (Å²) in [6, 6.07) is 13.3. The molecule has 24 heavy (non-hydrogen) atoms. The highest BCUT2D eigenvalue weighted by molar-refractivity contribution is 6.31. The van der Waals surface area contributed by atoms with Crippen molar-refractivity contribution in [3.8, 4) is 5.75 Å². The molecule has 0 aliphatic carbocycles. The lowest BCUT2D eigenvalue weighted by atomic mass is 10.0. The number of benzene rings is 2. The van der Waals surface area contributed by atoms with Crippen LogP contribution < -0.4 is 10.1 Å². The van der Waals surface area contributed by atoms with Crippen LogP contribution in [0.15, 0.2) is 42.5 Å². The molecule has 1 aliphatic rings. The van der Waals surface area contributed by atoms with Gasteiger partial charge in [0.05, 0.1) is 18.8 Å². The Morgan fingerprint density at radius 3 is 2.83 bits per heavy atom. The smallest absolute Gasteiger partial charge is 0.322 e. The zero-order valence-electron chi connectivity index (χ0n) is 13.9. The third-order valence-electron chi connectivity index (χ3n) is 4.37. The summed E-state index contributed by atoms with van der Waals surface area (Å²) in [5.74, 6) is 0.655. The van der Waals surface area contributed by atoms with E-state index in [9.17, 15) is 4.79 Å². The van der Waals surface area contributed by atoms with Gasteiger partial charge in [0.1, 0.15) is 5.75 Å². The topological polar surface area (TPSA) is 41.6 Å². The number of likely N-dealkylation sites (tertiary alicyclic amines) is 1. The fraction of sp³-hybridized carbons (Fsp3) is 0.316. The predicted molar refractivity (Wildman–Crippen MR) is 96.9 cm³/mol. The third kappa shape index (κ3) is 3.34. The molecule has 0 saturated carbocycles. The van der Waals surface area contributed by atoms with Crippen LogP contribution in [-0.4, -0.2) is 24.6 Å². The standard InChI is InChI=1S/C19H21ClN2O2/c1-13-9-10-18(24-2)16(12-13)21-19(23)22-11-5-8-17(22)14-6-3-4-7-15(14)20/h3-4,6-7,9-10,12,17H,5,8,11H2,1-2H3,(H,21,23)/t17-/m1/s1. The summed E-state index contributed by atoms with van der Waals surface area (Å²) in [6.45, 7) is 2.70. The van der Waals surface area contributed by atoms with Gasteiger partial charge in [0, 0.05) is 11.6 Å². The number of rotatable bonds is 3. The van der Waals surface area contributed by atoms with Gasteiger partial charge in [-0.2, -0.15) is 0 Å². The van der Waals surface area contributed by atoms with E-state index in [-0.39, 0.29) is 12.1 Å². The minimum atomic E-state index is -0.124. The lowest BCUT2D eigenvalue weighted by Gasteiger charge is -2.26. The Kier molecular flexibility index (Phi) is 4.95. The Balaban J connectivity index is 1.82. The van der Waals surface area contributed by atoms with Gasteiger partial charge in [0.2, 0.25) is 0 Å². The van der Waals surface area contributed by atoms with Gasteiger partial charge in [-0.15, -0.1) is 0 Å². The van der Waals surface area contributed by atoms with E-state index in [4.69, 9.17) is 16.3 Å². The van der Waals surface area contributed by atoms with Crippen LogP contribution in [0.5, 0.6) is 5.75 Å². The second kappa shape index (κ2) is 7.14. The van der Waals surface area contributed by atoms with Crippen molar-refractivity contribution in [3.05, 3.63) is 58.6 Å². The average Bonchev–Trinajstić information content (AvgIpc) is 3.05. The number of nitrogens with zero attached hydrogens (tertiary/aromatic N) is 1. The zero-order valence-corrected chi connectivity index (χ0v) is 14.6. The highest BCUT2D eigenvalue weighted by Gasteiger charge is 2.31. The fourth-order valence-corrected chi connectivity index (χ4v) is 3.45. The van der Waals surface area contributed by atoms with Crippen LogP contribution in [0.4, 0.5) is 10.5 Å². The summed E-state index contributed by atoms with van der Waals surface area (Å²) in [7, 11) is 1.60. The molecule has 2 aromatic rings. The molecule has 0 spiro atoms. The van der Waals surface area contributed by atoms with Gasteiger partial charge in [0.15, 0.2) is 0 Å². The van der Waals surface area contributed by atoms with Crippen molar-refractivity contribution in [2.45, 2.75) is 25.8 Å². The molecule has 126 valence electrons. The first-order chi connectivity index (χ1) is 11.6. The number of carbonyl (C=O) groups excluding carboxylic acids is 1. The predicted octanol–water partition coefficient (Wildman–Crippen LogP) is 5.03. The normalized spacial score (nSPS) is 17.0. The first-order valence-corrected chi connectivity index (χ1v) is 8.44. The van der Waals surface area contributed by atoms with Crippen molar-refractivity contribution in [1.29, 1.82) is 0 Å². The number of hydrogen-bond acceptors (Lipinski definition) is 2. The van der Waals surface area contributed by atoms with E-state index < -0.39 is 0 Å². The van der Waals surface area contributed by atoms with E-state index in [2.05, 4.69) is 5.32 Å². The van der Waals surface area contributed by atoms with Crippen LogP contribution in [0.2, 0.25) is 5.02 Å². The van der Waals surface area contributed by atoms with Gasteiger partial charge >= 0.3 is 6.03 Å². The van der Waals surface area contributed by atoms with Gasteiger partial charge in [0.25, 0.3) is 0 Å². The Labute approximate surface area is 147 Å². The SMILES string of the molecule is COc1ccc(C)cc1NC(=O)N1CCC[C@@H]1c1ccccc1Cl. The first kappa shape index (κ1) is 16.7. The molecular formula is C19H21ClN2O2. The lowest BCUT2D eigenvalue weighted by molar-refractivity contribution is 0.207. The van der Waals surface area contributed by atoms with Crippen LogP contribution in [0.25, 0.3) is 0 Å². The molecule has 0 radical (unpaired) electrons. The lowest BCUT2D eigenvalue weighted by Crippen LogP contribution is -2.34. The molecule has 0 bridgehead atoms. The van der Waals surface area contributed by atoms with Gasteiger partial charge < -0.3 is 15.0 Å². The molecule has 3 rings (SSSR count). The fourth-order valence-electron chi connectivity index (χ4n) is 3.18. The number of aryl methyl sites for hydroxylation is 1. The molecule has 5 heteroatoms. The third-order valence-corrected chi connectivity index (χ3v) is 4.72. The van der Waals surface area contributed by atoms with Crippen molar-refractivity contribution >= 4 is 23.3 Å². The van der Waals surface area contributed by atoms with Gasteiger partial charge in [-0.05, 0) is 49.1 Å². The number of hydrogen-bond donors (Lipinski definition) is 1. The van der Waals surface area contributed by atoms with Crippen molar-refractivity contribution < 1.29 is 9.53 Å². The van der Waals surface area contributed by atoms with Crippen molar-refractivity contribution in [2.24, 2.45) is 0 Å². The Hall–Kier alpha value is -2.20. The summed E-state index contributed by atoms with van der Waals surface area (Å²) in [5, 5.41) is 3.69. The number of nitrogens with one attached hydrogen (secondary N) is 1. The minimum Gasteiger partial charge on any atom is -0.495 e. The number of halogens is 1. The molecule has 1 heterocycles. The Morgan fingerprint density at radius 2 is 2.08 bits per heavy atom. The number of urea groups is 1. The van der Waals surface area contributed by atoms with E-state index in [1.54, 1.807) is 7.11 Å². The Morgan fingerprint density at radius 1 is 1.29 bits per heavy atom. The number of methoxy groups -OCH3 is 1. The summed E-state index contributed by atoms with van der Waals surface area (Å²) < 4.78 is 5.34. The summed E-state index contributed by atoms with van der Waals surface area (Å²) >= 11 is 6.32. The molecule has 1 atom stereocenters. The largest absolute Gasteiger partial charge is 0.495 e. The molecular weight excluding hydrogens is 324 g/mol. The van der Waals surface area contributed by atoms with Gasteiger partial charge in [-0.25, -0.2) is 4.79 Å². The van der Waals surface area contributed by atoms with Crippen LogP contribution >= 0.6 is 11.6 Å². The summed E-state index contributed by atoms with van der Waals surface area (Å²) in [6.07, 6.45) is 1.89. The highest BCUT2D eigenvalue weighted by atomic mass is 35.5. The quantitative estimate of drug-likeness (QED) is 0.848. The monoisotopic (exact) mass is 344 g/mol. The Bertz CT molecular complexity index is 748. The zero-order chi connectivity index (χ0) is 17.1. The summed E-state index contributed by atoms with van der Waals surface area (Å²) in [5.41, 5.74) is 2.76. The number of anilines is 1. The molecule has 4 nitrogen and oxygen atoms in total. The second-order valence-electron chi connectivity index (χ2n) is 6.01. The molecule has 2 aromatic carbocycles. The van der Waals surface area contributed by atoms with Gasteiger partial charge in [-0.1, -0.05) is 35.9 Å². The van der Waals surface area contributed by atoms with Crippen molar-refractivity contribution in [3.63, 3.8) is 0 Å². The molecule has 1 fully saturated rings. The van der Waals surface area contributed by atoms with E-state index in [0.29, 0.717) is 16.5 Å². The van der Waals surface area contributed by atoms with Crippen LogP contribution in [0, 0.1) is 6.92 Å². The number of amides is 2. The van der Waals surface area contributed by atoms with Crippen molar-refractivity contribution in [2.75, 3.05) is 19.0 Å². The van der Waals surface area contributed by atoms with E-state index >= 15 is 0 Å². The molecule has 1 N–H and O–H groups in total. The van der Waals surface area contributed by atoms with E-state index in [0.717, 1.165) is 30.5 Å². The molecule has 2 amide bonds. The highest BCUT2D eigenvalue weighted by Crippen LogP contribution is 2.36. The van der Waals surface area contributed by atoms with E-state index in [1.165, 1.54) is 0 Å². The van der Waals surface area contributed by atoms with E-state index in [1.807, 2.05) is 54.3 Å². The molecule has 1 saturated heterocycles. The van der Waals surface area contributed by atoms with Crippen molar-refractivity contribution in [1.82, 2.24) is 4.90 Å². The first-order valence-electron chi connectivity index (χ1n) is 8.07. The van der Waals surface area contributed by atoms with Crippen LogP contribution in [-0.2, 0) is 0 Å². The maximum Gasteiger partial charge on any atom is 0.322 e. The number of carbonyl (C=O) groups is 1. The number of ether oxygens (including phenoxy) is 1. The summed E-state index contributed by atoms with van der Waals surface area (Å²) in [4.78, 5) is 14.7. The second-order valence-corrected chi connectivity index (χ2v) is 6.41. The molecule has 0 unspecified atom stereocenters. The maximum absolute atomic E-state index is 12.8. The molecule has 0 aromatic heterocycles. The van der Waals surface area contributed by atoms with Crippen LogP contribution in [0.3, 0.4) is 0 Å². The maximum atomic E-state index is 12.8. The minimum absolute atomic E-state index is 0.00880.